The zero-order valence-corrected chi connectivity index (χ0v) is 17.3. The molecule has 154 valence electrons. The number of aromatic hydroxyl groups is 1. The fourth-order valence-electron chi connectivity index (χ4n) is 3.12. The number of carbonyl (C=O) groups is 2. The van der Waals surface area contributed by atoms with Gasteiger partial charge in [0.1, 0.15) is 22.8 Å². The van der Waals surface area contributed by atoms with Crippen molar-refractivity contribution in [3.63, 3.8) is 0 Å². The molecule has 0 bridgehead atoms. The average Bonchev–Trinajstić information content (AvgIpc) is 2.75. The molecule has 0 unspecified atom stereocenters. The van der Waals surface area contributed by atoms with E-state index in [1.54, 1.807) is 36.4 Å². The number of para-hydroxylation sites is 1. The highest BCUT2D eigenvalue weighted by atomic mass is 32.1. The Hall–Kier alpha value is -3.97. The molecule has 2 amide bonds. The smallest absolute Gasteiger partial charge is 0.270 e. The quantitative estimate of drug-likeness (QED) is 0.366. The van der Waals surface area contributed by atoms with Gasteiger partial charge in [-0.25, -0.2) is 0 Å². The van der Waals surface area contributed by atoms with E-state index in [9.17, 15) is 14.7 Å². The van der Waals surface area contributed by atoms with Crippen LogP contribution in [0.1, 0.15) is 11.1 Å². The number of hydrogen-bond donors (Lipinski definition) is 2. The molecule has 6 nitrogen and oxygen atoms in total. The average molecular weight is 430 g/mol. The molecule has 3 aromatic carbocycles. The van der Waals surface area contributed by atoms with Crippen LogP contribution in [0.15, 0.2) is 78.4 Å². The Kier molecular flexibility index (Phi) is 5.51. The number of rotatable bonds is 4. The third-order valence-electron chi connectivity index (χ3n) is 4.66. The highest BCUT2D eigenvalue weighted by Crippen LogP contribution is 2.28. The summed E-state index contributed by atoms with van der Waals surface area (Å²) in [6.07, 6.45) is 1.36. The first-order valence-corrected chi connectivity index (χ1v) is 9.87. The van der Waals surface area contributed by atoms with Crippen LogP contribution in [-0.2, 0) is 9.59 Å². The van der Waals surface area contributed by atoms with E-state index >= 15 is 0 Å². The van der Waals surface area contributed by atoms with E-state index in [0.717, 1.165) is 5.56 Å². The molecular weight excluding hydrogens is 412 g/mol. The van der Waals surface area contributed by atoms with Crippen molar-refractivity contribution in [2.75, 3.05) is 4.90 Å². The van der Waals surface area contributed by atoms with Crippen molar-refractivity contribution in [1.82, 2.24) is 5.32 Å². The summed E-state index contributed by atoms with van der Waals surface area (Å²) in [5.41, 5.74) is 1.61. The van der Waals surface area contributed by atoms with Crippen LogP contribution in [0, 0.1) is 6.92 Å². The Labute approximate surface area is 184 Å². The summed E-state index contributed by atoms with van der Waals surface area (Å²) in [4.78, 5) is 26.8. The number of aryl methyl sites for hydroxylation is 1. The largest absolute Gasteiger partial charge is 0.507 e. The predicted molar refractivity (Wildman–Crippen MR) is 122 cm³/mol. The van der Waals surface area contributed by atoms with Gasteiger partial charge in [-0.3, -0.25) is 19.8 Å². The van der Waals surface area contributed by atoms with E-state index in [1.807, 2.05) is 37.3 Å². The van der Waals surface area contributed by atoms with Crippen LogP contribution in [0.5, 0.6) is 17.2 Å². The van der Waals surface area contributed by atoms with Crippen LogP contribution in [-0.4, -0.2) is 22.0 Å². The van der Waals surface area contributed by atoms with Crippen LogP contribution in [0.3, 0.4) is 0 Å². The van der Waals surface area contributed by atoms with Gasteiger partial charge in [0.15, 0.2) is 5.11 Å². The van der Waals surface area contributed by atoms with E-state index in [0.29, 0.717) is 22.7 Å². The highest BCUT2D eigenvalue weighted by molar-refractivity contribution is 7.80. The van der Waals surface area contributed by atoms with Crippen LogP contribution >= 0.6 is 12.2 Å². The fourth-order valence-corrected chi connectivity index (χ4v) is 3.41. The normalized spacial score (nSPS) is 15.2. The maximum absolute atomic E-state index is 13.1. The molecule has 3 aromatic rings. The molecule has 2 N–H and O–H groups in total. The van der Waals surface area contributed by atoms with Crippen molar-refractivity contribution in [1.29, 1.82) is 0 Å². The number of anilines is 1. The minimum Gasteiger partial charge on any atom is -0.507 e. The minimum atomic E-state index is -0.615. The van der Waals surface area contributed by atoms with Gasteiger partial charge in [0, 0.05) is 5.56 Å². The summed E-state index contributed by atoms with van der Waals surface area (Å²) < 4.78 is 5.77. The first kappa shape index (κ1) is 20.3. The molecule has 1 heterocycles. The van der Waals surface area contributed by atoms with Crippen LogP contribution in [0.4, 0.5) is 5.69 Å². The van der Waals surface area contributed by atoms with Gasteiger partial charge in [-0.15, -0.1) is 0 Å². The van der Waals surface area contributed by atoms with Crippen molar-refractivity contribution >= 4 is 40.9 Å². The van der Waals surface area contributed by atoms with Crippen molar-refractivity contribution in [3.8, 4) is 17.2 Å². The Balaban J connectivity index is 1.62. The maximum atomic E-state index is 13.1. The SMILES string of the molecule is Cc1ccc(O)c(/C=C2\C(=O)NC(=S)N(c3ccc(Oc4ccccc4)cc3)C2=O)c1. The molecule has 7 heteroatoms. The molecule has 1 aliphatic heterocycles. The fraction of sp³-hybridized carbons (Fsp3) is 0.0417. The van der Waals surface area contributed by atoms with Gasteiger partial charge in [-0.2, -0.15) is 0 Å². The number of ether oxygens (including phenoxy) is 1. The standard InChI is InChI=1S/C24H18N2O4S/c1-15-7-12-21(27)16(13-15)14-20-22(28)25-24(31)26(23(20)29)17-8-10-19(11-9-17)30-18-5-3-2-4-6-18/h2-14,27H,1H3,(H,25,28,31)/b20-14+. The highest BCUT2D eigenvalue weighted by Gasteiger charge is 2.34. The lowest BCUT2D eigenvalue weighted by Gasteiger charge is -2.29. The van der Waals surface area contributed by atoms with Gasteiger partial charge in [0.05, 0.1) is 5.69 Å². The van der Waals surface area contributed by atoms with Crippen molar-refractivity contribution in [2.45, 2.75) is 6.92 Å². The lowest BCUT2D eigenvalue weighted by atomic mass is 10.0. The number of hydrogen-bond acceptors (Lipinski definition) is 5. The molecule has 1 saturated heterocycles. The summed E-state index contributed by atoms with van der Waals surface area (Å²) in [5.74, 6) is 0.0634. The van der Waals surface area contributed by atoms with Crippen LogP contribution in [0.2, 0.25) is 0 Å². The number of benzene rings is 3. The number of phenolic OH excluding ortho intramolecular Hbond substituents is 1. The molecule has 1 aliphatic rings. The van der Waals surface area contributed by atoms with Crippen molar-refractivity contribution < 1.29 is 19.4 Å². The van der Waals surface area contributed by atoms with E-state index in [4.69, 9.17) is 17.0 Å². The Morgan fingerprint density at radius 2 is 1.65 bits per heavy atom. The summed E-state index contributed by atoms with van der Waals surface area (Å²) >= 11 is 5.23. The third kappa shape index (κ3) is 4.31. The van der Waals surface area contributed by atoms with Gasteiger partial charge in [-0.05, 0) is 73.7 Å². The Morgan fingerprint density at radius 3 is 2.35 bits per heavy atom. The second kappa shape index (κ2) is 8.41. The van der Waals surface area contributed by atoms with E-state index in [-0.39, 0.29) is 16.4 Å². The van der Waals surface area contributed by atoms with E-state index in [2.05, 4.69) is 5.32 Å². The number of nitrogens with one attached hydrogen (secondary N) is 1. The molecule has 0 saturated carbocycles. The van der Waals surface area contributed by atoms with Crippen molar-refractivity contribution in [2.24, 2.45) is 0 Å². The number of amides is 2. The zero-order valence-electron chi connectivity index (χ0n) is 16.5. The summed E-state index contributed by atoms with van der Waals surface area (Å²) in [5, 5.41) is 12.6. The second-order valence-electron chi connectivity index (χ2n) is 6.93. The number of thiocarbonyl (C=S) groups is 1. The number of carbonyl (C=O) groups excluding carboxylic acids is 2. The minimum absolute atomic E-state index is 0.0164. The summed E-state index contributed by atoms with van der Waals surface area (Å²) in [7, 11) is 0. The zero-order chi connectivity index (χ0) is 22.0. The van der Waals surface area contributed by atoms with E-state index in [1.165, 1.54) is 17.0 Å². The van der Waals surface area contributed by atoms with Gasteiger partial charge >= 0.3 is 0 Å². The summed E-state index contributed by atoms with van der Waals surface area (Å²) in [6.45, 7) is 1.85. The first-order valence-electron chi connectivity index (χ1n) is 9.46. The maximum Gasteiger partial charge on any atom is 0.270 e. The monoisotopic (exact) mass is 430 g/mol. The molecule has 1 fully saturated rings. The molecule has 4 rings (SSSR count). The van der Waals surface area contributed by atoms with Gasteiger partial charge in [0.25, 0.3) is 11.8 Å². The van der Waals surface area contributed by atoms with E-state index < -0.39 is 11.8 Å². The Bertz CT molecular complexity index is 1200. The molecule has 0 spiro atoms. The molecule has 0 atom stereocenters. The molecule has 0 aromatic heterocycles. The topological polar surface area (TPSA) is 78.9 Å². The molecular formula is C24H18N2O4S. The molecule has 31 heavy (non-hydrogen) atoms. The molecule has 0 aliphatic carbocycles. The third-order valence-corrected chi connectivity index (χ3v) is 4.94. The first-order chi connectivity index (χ1) is 14.9. The van der Waals surface area contributed by atoms with Gasteiger partial charge in [0.2, 0.25) is 0 Å². The predicted octanol–water partition coefficient (Wildman–Crippen LogP) is 4.32. The second-order valence-corrected chi connectivity index (χ2v) is 7.32. The lowest BCUT2D eigenvalue weighted by Crippen LogP contribution is -2.54. The van der Waals surface area contributed by atoms with Crippen molar-refractivity contribution in [3.05, 3.63) is 89.5 Å². The summed E-state index contributed by atoms with van der Waals surface area (Å²) in [6, 6.07) is 21.0. The van der Waals surface area contributed by atoms with Gasteiger partial charge in [-0.1, -0.05) is 29.8 Å². The van der Waals surface area contributed by atoms with Crippen LogP contribution in [0.25, 0.3) is 6.08 Å². The molecule has 0 radical (unpaired) electrons. The van der Waals surface area contributed by atoms with Crippen LogP contribution < -0.4 is 15.0 Å². The number of phenols is 1. The number of nitrogens with zero attached hydrogens (tertiary/aromatic N) is 1. The van der Waals surface area contributed by atoms with Gasteiger partial charge < -0.3 is 9.84 Å². The Morgan fingerprint density at radius 1 is 0.968 bits per heavy atom. The lowest BCUT2D eigenvalue weighted by molar-refractivity contribution is -0.122.